The summed E-state index contributed by atoms with van der Waals surface area (Å²) in [6.07, 6.45) is 1.30. The van der Waals surface area contributed by atoms with Gasteiger partial charge < -0.3 is 15.4 Å². The van der Waals surface area contributed by atoms with E-state index in [0.717, 1.165) is 16.7 Å². The molecule has 0 radical (unpaired) electrons. The number of rotatable bonds is 3. The van der Waals surface area contributed by atoms with Crippen molar-refractivity contribution in [3.63, 3.8) is 0 Å². The van der Waals surface area contributed by atoms with E-state index in [1.807, 2.05) is 54.6 Å². The molecule has 2 atom stereocenters. The molecule has 7 heteroatoms. The van der Waals surface area contributed by atoms with Crippen LogP contribution >= 0.6 is 0 Å². The summed E-state index contributed by atoms with van der Waals surface area (Å²) in [5.41, 5.74) is 8.16. The van der Waals surface area contributed by atoms with E-state index >= 15 is 0 Å². The Morgan fingerprint density at radius 2 is 1.74 bits per heavy atom. The van der Waals surface area contributed by atoms with Gasteiger partial charge in [-0.05, 0) is 29.2 Å². The number of hydrogen-bond donors (Lipinski definition) is 1. The smallest absolute Gasteiger partial charge is 0.410 e. The van der Waals surface area contributed by atoms with Gasteiger partial charge >= 0.3 is 6.09 Å². The van der Waals surface area contributed by atoms with Crippen LogP contribution in [-0.4, -0.2) is 30.7 Å². The first-order chi connectivity index (χ1) is 16.5. The molecule has 0 bridgehead atoms. The van der Waals surface area contributed by atoms with E-state index in [-0.39, 0.29) is 31.0 Å². The van der Waals surface area contributed by atoms with Gasteiger partial charge in [-0.15, -0.1) is 0 Å². The minimum atomic E-state index is -1.75. The monoisotopic (exact) mass is 449 g/mol. The van der Waals surface area contributed by atoms with Gasteiger partial charge in [0.1, 0.15) is 6.07 Å². The fraction of sp³-hybridized carbons (Fsp3) is 0.259. The van der Waals surface area contributed by atoms with E-state index in [0.29, 0.717) is 5.57 Å². The van der Waals surface area contributed by atoms with Gasteiger partial charge in [0.15, 0.2) is 5.41 Å². The Balaban J connectivity index is 1.85. The number of benzene rings is 2. The van der Waals surface area contributed by atoms with Gasteiger partial charge in [-0.3, -0.25) is 0 Å². The molecule has 7 nitrogen and oxygen atoms in total. The van der Waals surface area contributed by atoms with Gasteiger partial charge in [0.25, 0.3) is 0 Å². The molecule has 1 amide bonds. The van der Waals surface area contributed by atoms with Crippen LogP contribution in [0.4, 0.5) is 4.79 Å². The Morgan fingerprint density at radius 3 is 2.32 bits per heavy atom. The second kappa shape index (κ2) is 9.14. The van der Waals surface area contributed by atoms with Crippen LogP contribution in [0.5, 0.6) is 0 Å². The average molecular weight is 450 g/mol. The van der Waals surface area contributed by atoms with Crippen molar-refractivity contribution in [1.82, 2.24) is 4.90 Å². The normalized spacial score (nSPS) is 20.8. The average Bonchev–Trinajstić information content (AvgIpc) is 2.88. The predicted molar refractivity (Wildman–Crippen MR) is 125 cm³/mol. The standard InChI is InChI=1S/C27H23N5O2/c1-2-34-26(33)32-13-12-21-22(14-28)25(31)27(16-29,17-30)24(23(21)15-32)20-10-8-19(9-11-20)18-6-4-3-5-7-18/h3-12,23-24H,2,13,15,31H2,1H3/t23-,24-/m1/s1. The van der Waals surface area contributed by atoms with Crippen LogP contribution in [0.25, 0.3) is 11.1 Å². The largest absolute Gasteiger partial charge is 0.450 e. The number of nitriles is 3. The molecular weight excluding hydrogens is 426 g/mol. The second-order valence-corrected chi connectivity index (χ2v) is 8.27. The van der Waals surface area contributed by atoms with Gasteiger partial charge in [0.05, 0.1) is 30.0 Å². The molecule has 0 saturated heterocycles. The third-order valence-electron chi connectivity index (χ3n) is 6.57. The van der Waals surface area contributed by atoms with Crippen molar-refractivity contribution in [3.8, 4) is 29.3 Å². The first kappa shape index (κ1) is 22.6. The fourth-order valence-corrected chi connectivity index (χ4v) is 4.93. The number of carbonyl (C=O) groups excluding carboxylic acids is 1. The maximum Gasteiger partial charge on any atom is 0.410 e. The van der Waals surface area contributed by atoms with Gasteiger partial charge in [0.2, 0.25) is 0 Å². The van der Waals surface area contributed by atoms with E-state index in [9.17, 15) is 20.6 Å². The Morgan fingerprint density at radius 1 is 1.09 bits per heavy atom. The zero-order valence-electron chi connectivity index (χ0n) is 18.7. The van der Waals surface area contributed by atoms with Crippen molar-refractivity contribution in [1.29, 1.82) is 15.8 Å². The molecule has 2 N–H and O–H groups in total. The quantitative estimate of drug-likeness (QED) is 0.747. The Bertz CT molecular complexity index is 1280. The van der Waals surface area contributed by atoms with Crippen LogP contribution in [0, 0.1) is 45.3 Å². The Kier molecular flexibility index (Phi) is 6.09. The van der Waals surface area contributed by atoms with E-state index in [4.69, 9.17) is 10.5 Å². The first-order valence-corrected chi connectivity index (χ1v) is 11.0. The molecule has 0 fully saturated rings. The van der Waals surface area contributed by atoms with Crippen molar-refractivity contribution >= 4 is 6.09 Å². The first-order valence-electron chi connectivity index (χ1n) is 11.0. The minimum Gasteiger partial charge on any atom is -0.450 e. The van der Waals surface area contributed by atoms with Crippen molar-refractivity contribution in [2.45, 2.75) is 12.8 Å². The van der Waals surface area contributed by atoms with Crippen LogP contribution in [0.15, 0.2) is 77.5 Å². The molecular formula is C27H23N5O2. The fourth-order valence-electron chi connectivity index (χ4n) is 4.93. The molecule has 1 aliphatic heterocycles. The summed E-state index contributed by atoms with van der Waals surface area (Å²) in [6, 6.07) is 23.9. The van der Waals surface area contributed by atoms with Crippen LogP contribution in [0.1, 0.15) is 18.4 Å². The molecule has 2 aromatic carbocycles. The third kappa shape index (κ3) is 3.56. The molecule has 4 rings (SSSR count). The molecule has 34 heavy (non-hydrogen) atoms. The van der Waals surface area contributed by atoms with Gasteiger partial charge in [-0.2, -0.15) is 15.8 Å². The van der Waals surface area contributed by atoms with Crippen molar-refractivity contribution in [2.24, 2.45) is 17.1 Å². The highest BCUT2D eigenvalue weighted by molar-refractivity contribution is 5.70. The van der Waals surface area contributed by atoms with Gasteiger partial charge in [-0.1, -0.05) is 60.7 Å². The van der Waals surface area contributed by atoms with Crippen molar-refractivity contribution < 1.29 is 9.53 Å². The number of nitrogens with zero attached hydrogens (tertiary/aromatic N) is 4. The summed E-state index contributed by atoms with van der Waals surface area (Å²) in [4.78, 5) is 14.0. The van der Waals surface area contributed by atoms with Gasteiger partial charge in [-0.25, -0.2) is 4.79 Å². The number of hydrogen-bond acceptors (Lipinski definition) is 6. The third-order valence-corrected chi connectivity index (χ3v) is 6.57. The molecule has 168 valence electrons. The lowest BCUT2D eigenvalue weighted by Gasteiger charge is -2.45. The van der Waals surface area contributed by atoms with Crippen molar-refractivity contribution in [2.75, 3.05) is 19.7 Å². The molecule has 1 heterocycles. The lowest BCUT2D eigenvalue weighted by molar-refractivity contribution is 0.0999. The maximum absolute atomic E-state index is 12.5. The van der Waals surface area contributed by atoms with Crippen molar-refractivity contribution in [3.05, 3.63) is 83.1 Å². The molecule has 1 aliphatic carbocycles. The number of allylic oxidation sites excluding steroid dienone is 2. The second-order valence-electron chi connectivity index (χ2n) is 8.27. The molecule has 0 unspecified atom stereocenters. The summed E-state index contributed by atoms with van der Waals surface area (Å²) in [6.45, 7) is 2.43. The highest BCUT2D eigenvalue weighted by Crippen LogP contribution is 2.54. The highest BCUT2D eigenvalue weighted by Gasteiger charge is 2.54. The number of nitrogens with two attached hydrogens (primary N) is 1. The van der Waals surface area contributed by atoms with Crippen LogP contribution in [-0.2, 0) is 4.74 Å². The Labute approximate surface area is 198 Å². The van der Waals surface area contributed by atoms with Gasteiger partial charge in [0, 0.05) is 24.9 Å². The summed E-state index contributed by atoms with van der Waals surface area (Å²) in [7, 11) is 0. The highest BCUT2D eigenvalue weighted by atomic mass is 16.6. The molecule has 0 aromatic heterocycles. The molecule has 0 spiro atoms. The van der Waals surface area contributed by atoms with Crippen LogP contribution in [0.3, 0.4) is 0 Å². The number of amides is 1. The zero-order valence-corrected chi connectivity index (χ0v) is 18.7. The lowest BCUT2D eigenvalue weighted by atomic mass is 9.58. The lowest BCUT2D eigenvalue weighted by Crippen LogP contribution is -2.49. The van der Waals surface area contributed by atoms with E-state index in [1.54, 1.807) is 13.0 Å². The zero-order chi connectivity index (χ0) is 24.3. The molecule has 0 saturated carbocycles. The predicted octanol–water partition coefficient (Wildman–Crippen LogP) is 4.24. The van der Waals surface area contributed by atoms with E-state index < -0.39 is 23.3 Å². The van der Waals surface area contributed by atoms with Crippen LogP contribution < -0.4 is 5.73 Å². The summed E-state index contributed by atoms with van der Waals surface area (Å²) < 4.78 is 5.17. The molecule has 2 aromatic rings. The molecule has 2 aliphatic rings. The SMILES string of the molecule is CCOC(=O)N1CC=C2C(C#N)=C(N)C(C#N)(C#N)[C@H](c3ccc(-c4ccccc4)cc3)[C@@H]2C1. The topological polar surface area (TPSA) is 127 Å². The number of fused-ring (bicyclic) bond motifs is 1. The van der Waals surface area contributed by atoms with Crippen LogP contribution in [0.2, 0.25) is 0 Å². The summed E-state index contributed by atoms with van der Waals surface area (Å²) in [5, 5.41) is 30.3. The summed E-state index contributed by atoms with van der Waals surface area (Å²) >= 11 is 0. The minimum absolute atomic E-state index is 0.0378. The van der Waals surface area contributed by atoms with E-state index in [1.165, 1.54) is 4.90 Å². The maximum atomic E-state index is 12.5. The van der Waals surface area contributed by atoms with E-state index in [2.05, 4.69) is 18.2 Å². The Hall–Kier alpha value is -4.54. The number of ether oxygens (including phenoxy) is 1. The summed E-state index contributed by atoms with van der Waals surface area (Å²) in [5.74, 6) is -1.14. The number of carbonyl (C=O) groups is 1.